The van der Waals surface area contributed by atoms with Crippen LogP contribution in [0.1, 0.15) is 271 Å². The first-order valence-corrected chi connectivity index (χ1v) is 27.3. The Labute approximate surface area is 399 Å². The number of carbonyl (C=O) groups is 1. The zero-order chi connectivity index (χ0) is 48.6. The van der Waals surface area contributed by atoms with Gasteiger partial charge in [0, 0.05) is 18.7 Å². The number of rotatable bonds is 43. The Morgan fingerprint density at radius 3 is 1.22 bits per heavy atom. The van der Waals surface area contributed by atoms with Crippen molar-refractivity contribution in [2.45, 2.75) is 273 Å². The van der Waals surface area contributed by atoms with Crippen molar-refractivity contribution in [2.75, 3.05) is 38.1 Å². The molecular formula is C57H112N2O5. The molecule has 0 aliphatic carbocycles. The average Bonchev–Trinajstić information content (AvgIpc) is 3.31. The molecule has 0 fully saturated rings. The van der Waals surface area contributed by atoms with E-state index in [4.69, 9.17) is 15.0 Å². The lowest BCUT2D eigenvalue weighted by atomic mass is 9.91. The summed E-state index contributed by atoms with van der Waals surface area (Å²) < 4.78 is 0. The molecule has 64 heavy (non-hydrogen) atoms. The molecule has 0 amide bonds. The van der Waals surface area contributed by atoms with Crippen LogP contribution < -0.4 is 16.2 Å². The summed E-state index contributed by atoms with van der Waals surface area (Å²) in [6.07, 6.45) is 51.3. The van der Waals surface area contributed by atoms with Crippen LogP contribution in [0.25, 0.3) is 0 Å². The smallest absolute Gasteiger partial charge is 0.290 e. The van der Waals surface area contributed by atoms with Crippen LogP contribution in [0.15, 0.2) is 35.4 Å². The molecule has 7 heteroatoms. The summed E-state index contributed by atoms with van der Waals surface area (Å²) in [5, 5.41) is 18.0. The van der Waals surface area contributed by atoms with Gasteiger partial charge in [0.05, 0.1) is 5.69 Å². The largest absolute Gasteiger partial charge is 0.483 e. The second kappa shape index (κ2) is 60.8. The molecule has 380 valence electrons. The first-order chi connectivity index (χ1) is 31.3. The topological polar surface area (TPSA) is 107 Å². The first kappa shape index (κ1) is 68.3. The minimum atomic E-state index is -0.329. The van der Waals surface area contributed by atoms with Gasteiger partial charge in [0.1, 0.15) is 0 Å². The molecule has 7 nitrogen and oxygen atoms in total. The van der Waals surface area contributed by atoms with E-state index in [1.54, 1.807) is 6.92 Å². The first-order valence-electron chi connectivity index (χ1n) is 27.3. The van der Waals surface area contributed by atoms with Crippen molar-refractivity contribution in [3.63, 3.8) is 0 Å². The Bertz CT molecular complexity index is 1100. The molecule has 0 bridgehead atoms. The van der Waals surface area contributed by atoms with E-state index in [1.165, 1.54) is 231 Å². The second-order valence-electron chi connectivity index (χ2n) is 18.1. The highest BCUT2D eigenvalue weighted by Gasteiger charge is 2.16. The van der Waals surface area contributed by atoms with Crippen molar-refractivity contribution in [1.82, 2.24) is 4.90 Å². The highest BCUT2D eigenvalue weighted by atomic mass is 16.3. The van der Waals surface area contributed by atoms with E-state index in [9.17, 15) is 9.59 Å². The van der Waals surface area contributed by atoms with Crippen molar-refractivity contribution in [3.05, 3.63) is 51.8 Å². The standard InChI is InChI=1S/C41H78N2O2.C10H20.C3H8O.C2H4.CH2O2/c1-5-8-10-12-13-14-15-16-17-18-19-20-23-27-34-43(36-29-33-42-39-37(4)40(44)41(39)45)35-28-24-21-22-26-32-38(30-7-3)31-25-11-9-6-2;1-3-5-7-9-10-8-6-4-2;1-2-3-4;1-2;2-1-3/h38,42H,5-36H2,1-4H3;3H,1,4-10H2,2H3;4H,2-3H2,1H3;1-2H2;1H,(H,2,3). The number of allylic oxidation sites excluding steroid dienone is 1. The number of carboxylic acid groups (broad SMARTS) is 1. The number of unbranched alkanes of at least 4 members (excludes halogenated alkanes) is 26. The highest BCUT2D eigenvalue weighted by molar-refractivity contribution is 5.55. The highest BCUT2D eigenvalue weighted by Crippen LogP contribution is 2.23. The second-order valence-corrected chi connectivity index (χ2v) is 18.1. The minimum absolute atomic E-state index is 0.250. The van der Waals surface area contributed by atoms with Crippen LogP contribution in [0.3, 0.4) is 0 Å². The number of aliphatic hydroxyl groups excluding tert-OH is 1. The van der Waals surface area contributed by atoms with E-state index in [0.717, 1.165) is 31.8 Å². The van der Waals surface area contributed by atoms with Crippen LogP contribution in [0, 0.1) is 12.8 Å². The summed E-state index contributed by atoms with van der Waals surface area (Å²) in [4.78, 5) is 34.3. The number of nitrogens with one attached hydrogen (secondary N) is 1. The maximum absolute atomic E-state index is 11.8. The molecule has 0 heterocycles. The summed E-state index contributed by atoms with van der Waals surface area (Å²) in [6.45, 7) is 26.9. The number of nitrogens with zero attached hydrogens (tertiary/aromatic N) is 1. The van der Waals surface area contributed by atoms with Gasteiger partial charge in [-0.3, -0.25) is 14.4 Å². The predicted molar refractivity (Wildman–Crippen MR) is 286 cm³/mol. The molecule has 0 radical (unpaired) electrons. The zero-order valence-electron chi connectivity index (χ0n) is 43.9. The number of aliphatic hydroxyl groups is 1. The quantitative estimate of drug-likeness (QED) is 0.0259. The van der Waals surface area contributed by atoms with E-state index in [2.05, 4.69) is 57.6 Å². The molecule has 0 aliphatic rings. The van der Waals surface area contributed by atoms with Gasteiger partial charge in [-0.15, -0.1) is 19.7 Å². The van der Waals surface area contributed by atoms with Gasteiger partial charge in [-0.25, -0.2) is 0 Å². The molecule has 1 atom stereocenters. The number of anilines is 1. The lowest BCUT2D eigenvalue weighted by molar-refractivity contribution is -0.122. The molecular weight excluding hydrogens is 793 g/mol. The fraction of sp³-hybridized carbons (Fsp3) is 0.842. The third kappa shape index (κ3) is 50.7. The van der Waals surface area contributed by atoms with Gasteiger partial charge in [-0.2, -0.15) is 0 Å². The fourth-order valence-corrected chi connectivity index (χ4v) is 8.17. The van der Waals surface area contributed by atoms with Gasteiger partial charge in [0.2, 0.25) is 10.9 Å². The van der Waals surface area contributed by atoms with Gasteiger partial charge in [-0.05, 0) is 71.0 Å². The predicted octanol–water partition coefficient (Wildman–Crippen LogP) is 16.7. The van der Waals surface area contributed by atoms with Crippen LogP contribution in [-0.4, -0.2) is 54.4 Å². The molecule has 0 aliphatic heterocycles. The Morgan fingerprint density at radius 2 is 0.859 bits per heavy atom. The van der Waals surface area contributed by atoms with Crippen LogP contribution >= 0.6 is 0 Å². The fourth-order valence-electron chi connectivity index (χ4n) is 8.17. The van der Waals surface area contributed by atoms with Crippen LogP contribution in [0.5, 0.6) is 0 Å². The van der Waals surface area contributed by atoms with Gasteiger partial charge in [-0.1, -0.05) is 233 Å². The molecule has 1 aromatic carbocycles. The van der Waals surface area contributed by atoms with E-state index < -0.39 is 0 Å². The van der Waals surface area contributed by atoms with Crippen molar-refractivity contribution in [2.24, 2.45) is 5.92 Å². The molecule has 0 saturated carbocycles. The SMILES string of the molecule is C=C.C=CCCCCCCCC.CCCCCCCCCCCCCCCCN(CCCCCCCC(CCC)CCCCCC)CCCNc1c(C)c(=O)c1=O.CCCO.O=CO. The Hall–Kier alpha value is -2.25. The summed E-state index contributed by atoms with van der Waals surface area (Å²) in [7, 11) is 0. The molecule has 1 unspecified atom stereocenters. The third-order valence-corrected chi connectivity index (χ3v) is 12.2. The van der Waals surface area contributed by atoms with Crippen molar-refractivity contribution >= 4 is 12.2 Å². The number of hydrogen-bond acceptors (Lipinski definition) is 6. The normalized spacial score (nSPS) is 11.0. The monoisotopic (exact) mass is 905 g/mol. The van der Waals surface area contributed by atoms with Crippen molar-refractivity contribution in [1.29, 1.82) is 0 Å². The van der Waals surface area contributed by atoms with Gasteiger partial charge in [0.25, 0.3) is 6.47 Å². The van der Waals surface area contributed by atoms with Crippen LogP contribution in [-0.2, 0) is 4.79 Å². The maximum Gasteiger partial charge on any atom is 0.290 e. The molecule has 0 saturated heterocycles. The molecule has 3 N–H and O–H groups in total. The third-order valence-electron chi connectivity index (χ3n) is 12.2. The maximum atomic E-state index is 11.8. The summed E-state index contributed by atoms with van der Waals surface area (Å²) >= 11 is 0. The Kier molecular flexibility index (Phi) is 64.9. The van der Waals surface area contributed by atoms with Gasteiger partial charge >= 0.3 is 0 Å². The number of hydrogen-bond donors (Lipinski definition) is 3. The van der Waals surface area contributed by atoms with Crippen molar-refractivity contribution in [3.8, 4) is 0 Å². The van der Waals surface area contributed by atoms with Crippen LogP contribution in [0.4, 0.5) is 5.69 Å². The summed E-state index contributed by atoms with van der Waals surface area (Å²) in [5.41, 5.74) is 0.520. The average molecular weight is 906 g/mol. The van der Waals surface area contributed by atoms with Crippen molar-refractivity contribution < 1.29 is 15.0 Å². The lowest BCUT2D eigenvalue weighted by Crippen LogP contribution is -2.37. The van der Waals surface area contributed by atoms with E-state index in [-0.39, 0.29) is 17.3 Å². The van der Waals surface area contributed by atoms with Crippen LogP contribution in [0.2, 0.25) is 0 Å². The molecule has 0 spiro atoms. The summed E-state index contributed by atoms with van der Waals surface area (Å²) in [6, 6.07) is 0. The minimum Gasteiger partial charge on any atom is -0.483 e. The molecule has 1 rings (SSSR count). The van der Waals surface area contributed by atoms with Gasteiger partial charge in [0.15, 0.2) is 0 Å². The molecule has 0 aromatic heterocycles. The lowest BCUT2D eigenvalue weighted by Gasteiger charge is -2.23. The molecule has 1 aromatic rings. The Balaban J connectivity index is -0.000000790. The summed E-state index contributed by atoms with van der Waals surface area (Å²) in [5.74, 6) is 0.967. The Morgan fingerprint density at radius 1 is 0.516 bits per heavy atom. The zero-order valence-corrected chi connectivity index (χ0v) is 43.9. The van der Waals surface area contributed by atoms with E-state index >= 15 is 0 Å². The van der Waals surface area contributed by atoms with E-state index in [0.29, 0.717) is 17.9 Å². The van der Waals surface area contributed by atoms with E-state index in [1.807, 2.05) is 13.0 Å². The van der Waals surface area contributed by atoms with Gasteiger partial charge < -0.3 is 20.4 Å².